The van der Waals surface area contributed by atoms with Crippen molar-refractivity contribution in [1.29, 1.82) is 0 Å². The SMILES string of the molecule is COc1ccc(NC(=O)[C@H]2CC(C)=C(C)C[C@H]2C(=O)O)c(OC)c1. The lowest BCUT2D eigenvalue weighted by Gasteiger charge is -2.29. The van der Waals surface area contributed by atoms with Gasteiger partial charge in [0.1, 0.15) is 11.5 Å². The Balaban J connectivity index is 2.24. The molecule has 0 fully saturated rings. The molecule has 2 N–H and O–H groups in total. The molecule has 1 amide bonds. The van der Waals surface area contributed by atoms with E-state index in [1.807, 2.05) is 13.8 Å². The number of hydrogen-bond donors (Lipinski definition) is 2. The molecule has 0 aliphatic heterocycles. The number of anilines is 1. The highest BCUT2D eigenvalue weighted by molar-refractivity contribution is 5.96. The summed E-state index contributed by atoms with van der Waals surface area (Å²) in [6, 6.07) is 5.06. The van der Waals surface area contributed by atoms with E-state index in [1.165, 1.54) is 7.11 Å². The predicted octanol–water partition coefficient (Wildman–Crippen LogP) is 3.09. The van der Waals surface area contributed by atoms with Crippen LogP contribution in [0.2, 0.25) is 0 Å². The third kappa shape index (κ3) is 3.69. The van der Waals surface area contributed by atoms with Crippen LogP contribution in [0.3, 0.4) is 0 Å². The first-order valence-electron chi connectivity index (χ1n) is 7.78. The second-order valence-electron chi connectivity index (χ2n) is 6.08. The van der Waals surface area contributed by atoms with E-state index in [0.717, 1.165) is 11.1 Å². The summed E-state index contributed by atoms with van der Waals surface area (Å²) < 4.78 is 10.4. The number of carboxylic acids is 1. The average molecular weight is 333 g/mol. The van der Waals surface area contributed by atoms with Crippen LogP contribution < -0.4 is 14.8 Å². The van der Waals surface area contributed by atoms with E-state index >= 15 is 0 Å². The molecule has 0 bridgehead atoms. The number of benzene rings is 1. The molecule has 1 aromatic carbocycles. The minimum atomic E-state index is -0.941. The van der Waals surface area contributed by atoms with Crippen molar-refractivity contribution in [1.82, 2.24) is 0 Å². The molecule has 0 heterocycles. The average Bonchev–Trinajstić information content (AvgIpc) is 2.56. The lowest BCUT2D eigenvalue weighted by Crippen LogP contribution is -2.36. The number of carbonyl (C=O) groups is 2. The summed E-state index contributed by atoms with van der Waals surface area (Å²) in [4.78, 5) is 24.2. The van der Waals surface area contributed by atoms with Crippen molar-refractivity contribution in [2.24, 2.45) is 11.8 Å². The highest BCUT2D eigenvalue weighted by Gasteiger charge is 2.37. The maximum Gasteiger partial charge on any atom is 0.307 e. The molecule has 0 saturated carbocycles. The topological polar surface area (TPSA) is 84.9 Å². The number of aliphatic carboxylic acids is 1. The predicted molar refractivity (Wildman–Crippen MR) is 90.4 cm³/mol. The largest absolute Gasteiger partial charge is 0.497 e. The molecular weight excluding hydrogens is 310 g/mol. The van der Waals surface area contributed by atoms with Crippen molar-refractivity contribution in [3.05, 3.63) is 29.3 Å². The van der Waals surface area contributed by atoms with Crippen LogP contribution in [-0.2, 0) is 9.59 Å². The Morgan fingerprint density at radius 2 is 1.71 bits per heavy atom. The smallest absolute Gasteiger partial charge is 0.307 e. The maximum atomic E-state index is 12.7. The molecule has 0 radical (unpaired) electrons. The normalized spacial score (nSPS) is 20.5. The number of rotatable bonds is 5. The summed E-state index contributed by atoms with van der Waals surface area (Å²) >= 11 is 0. The first-order valence-corrected chi connectivity index (χ1v) is 7.78. The number of methoxy groups -OCH3 is 2. The number of nitrogens with one attached hydrogen (secondary N) is 1. The quantitative estimate of drug-likeness (QED) is 0.809. The summed E-state index contributed by atoms with van der Waals surface area (Å²) in [5.74, 6) is -1.48. The lowest BCUT2D eigenvalue weighted by molar-refractivity contribution is -0.146. The van der Waals surface area contributed by atoms with Gasteiger partial charge >= 0.3 is 5.97 Å². The number of amides is 1. The van der Waals surface area contributed by atoms with Crippen LogP contribution >= 0.6 is 0 Å². The Morgan fingerprint density at radius 3 is 2.25 bits per heavy atom. The Bertz CT molecular complexity index is 680. The molecule has 1 aromatic rings. The van der Waals surface area contributed by atoms with E-state index in [9.17, 15) is 14.7 Å². The molecule has 0 aromatic heterocycles. The van der Waals surface area contributed by atoms with Gasteiger partial charge in [-0.25, -0.2) is 0 Å². The van der Waals surface area contributed by atoms with E-state index in [4.69, 9.17) is 9.47 Å². The van der Waals surface area contributed by atoms with E-state index in [1.54, 1.807) is 25.3 Å². The Labute approximate surface area is 141 Å². The van der Waals surface area contributed by atoms with E-state index in [2.05, 4.69) is 5.32 Å². The summed E-state index contributed by atoms with van der Waals surface area (Å²) in [6.45, 7) is 3.87. The molecule has 2 atom stereocenters. The number of ether oxygens (including phenoxy) is 2. The van der Waals surface area contributed by atoms with Gasteiger partial charge < -0.3 is 19.9 Å². The van der Waals surface area contributed by atoms with E-state index in [0.29, 0.717) is 30.0 Å². The minimum absolute atomic E-state index is 0.308. The monoisotopic (exact) mass is 333 g/mol. The van der Waals surface area contributed by atoms with Crippen molar-refractivity contribution in [2.45, 2.75) is 26.7 Å². The summed E-state index contributed by atoms with van der Waals surface area (Å²) in [5.41, 5.74) is 2.62. The third-order valence-corrected chi connectivity index (χ3v) is 4.59. The van der Waals surface area contributed by atoms with Crippen LogP contribution in [0.25, 0.3) is 0 Å². The summed E-state index contributed by atoms with van der Waals surface area (Å²) in [7, 11) is 3.05. The number of carbonyl (C=O) groups excluding carboxylic acids is 1. The number of allylic oxidation sites excluding steroid dienone is 2. The summed E-state index contributed by atoms with van der Waals surface area (Å²) in [5, 5.41) is 12.3. The second-order valence-corrected chi connectivity index (χ2v) is 6.08. The van der Waals surface area contributed by atoms with Gasteiger partial charge in [-0.3, -0.25) is 9.59 Å². The van der Waals surface area contributed by atoms with Crippen LogP contribution in [0.5, 0.6) is 11.5 Å². The van der Waals surface area contributed by atoms with E-state index in [-0.39, 0.29) is 5.91 Å². The van der Waals surface area contributed by atoms with Crippen molar-refractivity contribution in [3.63, 3.8) is 0 Å². The lowest BCUT2D eigenvalue weighted by atomic mass is 9.76. The van der Waals surface area contributed by atoms with Gasteiger partial charge in [-0.15, -0.1) is 0 Å². The summed E-state index contributed by atoms with van der Waals surface area (Å²) in [6.07, 6.45) is 0.853. The van der Waals surface area contributed by atoms with Gasteiger partial charge in [-0.1, -0.05) is 11.1 Å². The van der Waals surface area contributed by atoms with Gasteiger partial charge in [0.25, 0.3) is 0 Å². The van der Waals surface area contributed by atoms with Crippen molar-refractivity contribution < 1.29 is 24.2 Å². The minimum Gasteiger partial charge on any atom is -0.497 e. The molecule has 2 rings (SSSR count). The highest BCUT2D eigenvalue weighted by atomic mass is 16.5. The van der Waals surface area contributed by atoms with Crippen LogP contribution in [0.4, 0.5) is 5.69 Å². The molecule has 130 valence electrons. The zero-order chi connectivity index (χ0) is 17.9. The zero-order valence-corrected chi connectivity index (χ0v) is 14.4. The van der Waals surface area contributed by atoms with Gasteiger partial charge in [0.05, 0.1) is 31.7 Å². The van der Waals surface area contributed by atoms with Gasteiger partial charge in [-0.2, -0.15) is 0 Å². The molecule has 6 heteroatoms. The molecule has 0 unspecified atom stereocenters. The first kappa shape index (κ1) is 17.8. The molecule has 1 aliphatic rings. The van der Waals surface area contributed by atoms with Crippen LogP contribution in [0, 0.1) is 11.8 Å². The fourth-order valence-corrected chi connectivity index (χ4v) is 2.95. The fraction of sp³-hybridized carbons (Fsp3) is 0.444. The maximum absolute atomic E-state index is 12.7. The Kier molecular flexibility index (Phi) is 5.49. The highest BCUT2D eigenvalue weighted by Crippen LogP contribution is 2.36. The van der Waals surface area contributed by atoms with Crippen molar-refractivity contribution in [2.75, 3.05) is 19.5 Å². The van der Waals surface area contributed by atoms with Crippen molar-refractivity contribution >= 4 is 17.6 Å². The third-order valence-electron chi connectivity index (χ3n) is 4.59. The molecule has 1 aliphatic carbocycles. The number of carboxylic acid groups (broad SMARTS) is 1. The first-order chi connectivity index (χ1) is 11.4. The van der Waals surface area contributed by atoms with Gasteiger partial charge in [0.2, 0.25) is 5.91 Å². The fourth-order valence-electron chi connectivity index (χ4n) is 2.95. The molecule has 0 spiro atoms. The standard InChI is InChI=1S/C18H23NO5/c1-10-7-13(14(18(21)22)8-11(10)2)17(20)19-15-6-5-12(23-3)9-16(15)24-4/h5-6,9,13-14H,7-8H2,1-4H3,(H,19,20)(H,21,22)/t13-,14+/m0/s1. The number of hydrogen-bond acceptors (Lipinski definition) is 4. The molecular formula is C18H23NO5. The van der Waals surface area contributed by atoms with Gasteiger partial charge in [-0.05, 0) is 38.8 Å². The van der Waals surface area contributed by atoms with Crippen molar-refractivity contribution in [3.8, 4) is 11.5 Å². The molecule has 0 saturated heterocycles. The van der Waals surface area contributed by atoms with Crippen LogP contribution in [0.15, 0.2) is 29.3 Å². The van der Waals surface area contributed by atoms with E-state index < -0.39 is 17.8 Å². The van der Waals surface area contributed by atoms with Crippen LogP contribution in [-0.4, -0.2) is 31.2 Å². The van der Waals surface area contributed by atoms with Gasteiger partial charge in [0, 0.05) is 6.07 Å². The Hall–Kier alpha value is -2.50. The second kappa shape index (κ2) is 7.38. The molecule has 6 nitrogen and oxygen atoms in total. The van der Waals surface area contributed by atoms with Crippen LogP contribution in [0.1, 0.15) is 26.7 Å². The zero-order valence-electron chi connectivity index (χ0n) is 14.4. The molecule has 24 heavy (non-hydrogen) atoms. The van der Waals surface area contributed by atoms with Gasteiger partial charge in [0.15, 0.2) is 0 Å². The Morgan fingerprint density at radius 1 is 1.08 bits per heavy atom.